The lowest BCUT2D eigenvalue weighted by atomic mass is 9.84. The van der Waals surface area contributed by atoms with E-state index in [9.17, 15) is 8.42 Å². The van der Waals surface area contributed by atoms with Crippen molar-refractivity contribution in [3.63, 3.8) is 0 Å². The summed E-state index contributed by atoms with van der Waals surface area (Å²) >= 11 is 0. The van der Waals surface area contributed by atoms with Crippen molar-refractivity contribution >= 4 is 9.84 Å². The highest BCUT2D eigenvalue weighted by molar-refractivity contribution is 7.92. The van der Waals surface area contributed by atoms with E-state index in [4.69, 9.17) is 0 Å². The van der Waals surface area contributed by atoms with E-state index in [0.717, 1.165) is 12.8 Å². The average molecular weight is 263 g/mol. The second kappa shape index (κ2) is 5.70. The van der Waals surface area contributed by atoms with Gasteiger partial charge >= 0.3 is 0 Å². The first-order valence-electron chi connectivity index (χ1n) is 6.31. The highest BCUT2D eigenvalue weighted by Gasteiger charge is 2.31. The summed E-state index contributed by atoms with van der Waals surface area (Å²) in [5.74, 6) is 0.278. The predicted molar refractivity (Wildman–Crippen MR) is 75.1 cm³/mol. The molecule has 0 amide bonds. The number of rotatable bonds is 6. The normalized spacial score (nSPS) is 15.9. The van der Waals surface area contributed by atoms with Crippen molar-refractivity contribution in [1.29, 1.82) is 0 Å². The van der Waals surface area contributed by atoms with Crippen LogP contribution in [0.2, 0.25) is 0 Å². The molecule has 0 radical (unpaired) electrons. The summed E-state index contributed by atoms with van der Waals surface area (Å²) in [6, 6.07) is 0.419. The second-order valence-corrected chi connectivity index (χ2v) is 9.60. The van der Waals surface area contributed by atoms with Crippen molar-refractivity contribution in [2.75, 3.05) is 12.8 Å². The van der Waals surface area contributed by atoms with Gasteiger partial charge in [0.2, 0.25) is 0 Å². The standard InChI is InChI=1S/C13H29NO2S/c1-11(14-7)10-13(5,6)8-9-17(15,16)12(2,3)4/h11,14H,8-10H2,1-7H3. The Balaban J connectivity index is 4.47. The quantitative estimate of drug-likeness (QED) is 0.801. The van der Waals surface area contributed by atoms with Crippen LogP contribution >= 0.6 is 0 Å². The van der Waals surface area contributed by atoms with Gasteiger partial charge in [-0.2, -0.15) is 0 Å². The smallest absolute Gasteiger partial charge is 0.155 e. The fraction of sp³-hybridized carbons (Fsp3) is 1.00. The molecular weight excluding hydrogens is 234 g/mol. The Hall–Kier alpha value is -0.0900. The molecule has 0 aromatic carbocycles. The molecule has 0 aliphatic heterocycles. The molecule has 0 saturated heterocycles. The van der Waals surface area contributed by atoms with Crippen LogP contribution in [0.15, 0.2) is 0 Å². The Kier molecular flexibility index (Phi) is 5.67. The number of hydrogen-bond donors (Lipinski definition) is 1. The molecule has 0 bridgehead atoms. The monoisotopic (exact) mass is 263 g/mol. The maximum Gasteiger partial charge on any atom is 0.155 e. The van der Waals surface area contributed by atoms with Crippen LogP contribution in [0, 0.1) is 5.41 Å². The van der Waals surface area contributed by atoms with Gasteiger partial charge in [-0.25, -0.2) is 8.42 Å². The summed E-state index contributed by atoms with van der Waals surface area (Å²) < 4.78 is 23.4. The second-order valence-electron chi connectivity index (χ2n) is 6.74. The van der Waals surface area contributed by atoms with Gasteiger partial charge < -0.3 is 5.32 Å². The van der Waals surface area contributed by atoms with Crippen LogP contribution in [0.3, 0.4) is 0 Å². The lowest BCUT2D eigenvalue weighted by molar-refractivity contribution is 0.285. The van der Waals surface area contributed by atoms with Crippen molar-refractivity contribution in [3.8, 4) is 0 Å². The summed E-state index contributed by atoms with van der Waals surface area (Å²) in [6.45, 7) is 11.7. The Labute approximate surface area is 107 Å². The van der Waals surface area contributed by atoms with Gasteiger partial charge in [0.25, 0.3) is 0 Å². The van der Waals surface area contributed by atoms with E-state index in [0.29, 0.717) is 6.04 Å². The molecule has 0 aromatic rings. The van der Waals surface area contributed by atoms with Gasteiger partial charge in [-0.1, -0.05) is 13.8 Å². The van der Waals surface area contributed by atoms with E-state index in [2.05, 4.69) is 26.1 Å². The third kappa shape index (κ3) is 5.87. The third-order valence-corrected chi connectivity index (χ3v) is 5.94. The van der Waals surface area contributed by atoms with Gasteiger partial charge in [0.15, 0.2) is 9.84 Å². The summed E-state index contributed by atoms with van der Waals surface area (Å²) in [6.07, 6.45) is 1.71. The predicted octanol–water partition coefficient (Wildman–Crippen LogP) is 2.61. The maximum atomic E-state index is 12.0. The minimum atomic E-state index is -2.99. The molecule has 3 nitrogen and oxygen atoms in total. The van der Waals surface area contributed by atoms with Crippen LogP contribution in [0.5, 0.6) is 0 Å². The summed E-state index contributed by atoms with van der Waals surface area (Å²) in [5, 5.41) is 3.20. The van der Waals surface area contributed by atoms with Crippen molar-refractivity contribution < 1.29 is 8.42 Å². The molecular formula is C13H29NO2S. The molecule has 1 N–H and O–H groups in total. The molecule has 0 spiro atoms. The molecule has 0 aliphatic rings. The lowest BCUT2D eigenvalue weighted by Crippen LogP contribution is -2.34. The molecule has 0 aliphatic carbocycles. The molecule has 0 aromatic heterocycles. The summed E-state index contributed by atoms with van der Waals surface area (Å²) in [5.41, 5.74) is 0.0563. The van der Waals surface area contributed by atoms with E-state index >= 15 is 0 Å². The van der Waals surface area contributed by atoms with E-state index < -0.39 is 14.6 Å². The topological polar surface area (TPSA) is 46.2 Å². The highest BCUT2D eigenvalue weighted by Crippen LogP contribution is 2.29. The fourth-order valence-electron chi connectivity index (χ4n) is 1.75. The first-order valence-corrected chi connectivity index (χ1v) is 7.96. The van der Waals surface area contributed by atoms with Gasteiger partial charge in [-0.3, -0.25) is 0 Å². The van der Waals surface area contributed by atoms with Crippen molar-refractivity contribution in [2.24, 2.45) is 5.41 Å². The minimum absolute atomic E-state index is 0.0563. The molecule has 0 fully saturated rings. The molecule has 1 atom stereocenters. The lowest BCUT2D eigenvalue weighted by Gasteiger charge is -2.29. The Bertz CT molecular complexity index is 326. The Morgan fingerprint density at radius 2 is 1.59 bits per heavy atom. The van der Waals surface area contributed by atoms with Crippen LogP contribution in [-0.4, -0.2) is 32.0 Å². The Morgan fingerprint density at radius 3 is 1.94 bits per heavy atom. The van der Waals surface area contributed by atoms with Gasteiger partial charge in [-0.15, -0.1) is 0 Å². The summed E-state index contributed by atoms with van der Waals surface area (Å²) in [4.78, 5) is 0. The molecule has 4 heteroatoms. The fourth-order valence-corrected chi connectivity index (χ4v) is 3.18. The highest BCUT2D eigenvalue weighted by atomic mass is 32.2. The van der Waals surface area contributed by atoms with Crippen LogP contribution in [0.4, 0.5) is 0 Å². The van der Waals surface area contributed by atoms with Gasteiger partial charge in [0.05, 0.1) is 10.5 Å². The number of sulfone groups is 1. The first kappa shape index (κ1) is 16.9. The third-order valence-electron chi connectivity index (χ3n) is 3.33. The van der Waals surface area contributed by atoms with Crippen molar-refractivity contribution in [1.82, 2.24) is 5.32 Å². The SMILES string of the molecule is CNC(C)CC(C)(C)CCS(=O)(=O)C(C)(C)C. The molecule has 1 unspecified atom stereocenters. The molecule has 17 heavy (non-hydrogen) atoms. The van der Waals surface area contributed by atoms with E-state index in [1.54, 1.807) is 20.8 Å². The molecule has 0 rings (SSSR count). The van der Waals surface area contributed by atoms with Crippen LogP contribution in [0.1, 0.15) is 54.4 Å². The van der Waals surface area contributed by atoms with Crippen LogP contribution in [0.25, 0.3) is 0 Å². The first-order chi connectivity index (χ1) is 7.41. The van der Waals surface area contributed by atoms with Crippen molar-refractivity contribution in [3.05, 3.63) is 0 Å². The zero-order chi connectivity index (χ0) is 13.9. The summed E-state index contributed by atoms with van der Waals surface area (Å²) in [7, 11) is -1.06. The zero-order valence-corrected chi connectivity index (χ0v) is 13.2. The Morgan fingerprint density at radius 1 is 1.12 bits per heavy atom. The molecule has 0 heterocycles. The van der Waals surface area contributed by atoms with Crippen molar-refractivity contribution in [2.45, 2.75) is 65.2 Å². The average Bonchev–Trinajstić information content (AvgIpc) is 2.12. The van der Waals surface area contributed by atoms with Gasteiger partial charge in [-0.05, 0) is 53.0 Å². The van der Waals surface area contributed by atoms with Crippen LogP contribution < -0.4 is 5.32 Å². The zero-order valence-electron chi connectivity index (χ0n) is 12.4. The van der Waals surface area contributed by atoms with E-state index in [1.165, 1.54) is 0 Å². The number of hydrogen-bond acceptors (Lipinski definition) is 3. The van der Waals surface area contributed by atoms with Crippen LogP contribution in [-0.2, 0) is 9.84 Å². The molecule has 104 valence electrons. The maximum absolute atomic E-state index is 12.0. The van der Waals surface area contributed by atoms with E-state index in [-0.39, 0.29) is 11.2 Å². The molecule has 0 saturated carbocycles. The van der Waals surface area contributed by atoms with Gasteiger partial charge in [0.1, 0.15) is 0 Å². The van der Waals surface area contributed by atoms with E-state index in [1.807, 2.05) is 7.05 Å². The minimum Gasteiger partial charge on any atom is -0.317 e. The largest absolute Gasteiger partial charge is 0.317 e. The number of nitrogens with one attached hydrogen (secondary N) is 1. The van der Waals surface area contributed by atoms with Gasteiger partial charge in [0, 0.05) is 6.04 Å².